The van der Waals surface area contributed by atoms with Gasteiger partial charge in [0.2, 0.25) is 5.91 Å². The summed E-state index contributed by atoms with van der Waals surface area (Å²) >= 11 is 0. The van der Waals surface area contributed by atoms with Gasteiger partial charge in [0.1, 0.15) is 0 Å². The quantitative estimate of drug-likeness (QED) is 0.915. The van der Waals surface area contributed by atoms with Crippen LogP contribution in [0.2, 0.25) is 0 Å². The lowest BCUT2D eigenvalue weighted by molar-refractivity contribution is -0.128. The maximum atomic E-state index is 11.3. The lowest BCUT2D eigenvalue weighted by Gasteiger charge is -2.17. The third-order valence-corrected chi connectivity index (χ3v) is 4.14. The van der Waals surface area contributed by atoms with E-state index in [2.05, 4.69) is 42.4 Å². The summed E-state index contributed by atoms with van der Waals surface area (Å²) in [6.07, 6.45) is 1.17. The molecule has 1 amide bonds. The van der Waals surface area contributed by atoms with Crippen LogP contribution in [0.3, 0.4) is 0 Å². The average molecular weight is 275 g/mol. The van der Waals surface area contributed by atoms with Crippen LogP contribution in [0.4, 0.5) is 5.69 Å². The fraction of sp³-hybridized carbons (Fsp3) is 0.562. The van der Waals surface area contributed by atoms with Crippen molar-refractivity contribution in [2.75, 3.05) is 26.0 Å². The van der Waals surface area contributed by atoms with Gasteiger partial charge in [-0.15, -0.1) is 0 Å². The van der Waals surface area contributed by atoms with Crippen LogP contribution in [0.25, 0.3) is 0 Å². The summed E-state index contributed by atoms with van der Waals surface area (Å²) in [6.45, 7) is 5.60. The Labute approximate surface area is 121 Å². The molecule has 1 fully saturated rings. The van der Waals surface area contributed by atoms with Crippen molar-refractivity contribution in [2.24, 2.45) is 0 Å². The van der Waals surface area contributed by atoms with E-state index in [1.54, 1.807) is 11.8 Å². The molecule has 1 aromatic rings. The van der Waals surface area contributed by atoms with Crippen LogP contribution in [0.1, 0.15) is 25.8 Å². The van der Waals surface area contributed by atoms with Crippen LogP contribution in [-0.4, -0.2) is 48.4 Å². The minimum absolute atomic E-state index is 0.0922. The molecule has 20 heavy (non-hydrogen) atoms. The third-order valence-electron chi connectivity index (χ3n) is 4.14. The number of benzene rings is 1. The van der Waals surface area contributed by atoms with E-state index in [1.165, 1.54) is 6.42 Å². The average Bonchev–Trinajstić information content (AvgIpc) is 2.68. The van der Waals surface area contributed by atoms with Crippen LogP contribution in [-0.2, 0) is 11.3 Å². The second-order valence-corrected chi connectivity index (χ2v) is 5.94. The number of hydrogen-bond acceptors (Lipinski definition) is 3. The number of carbonyl (C=O) groups is 1. The molecule has 4 heteroatoms. The largest absolute Gasteiger partial charge is 0.381 e. The third kappa shape index (κ3) is 3.73. The Kier molecular flexibility index (Phi) is 4.65. The summed E-state index contributed by atoms with van der Waals surface area (Å²) in [5.74, 6) is 0.0922. The van der Waals surface area contributed by atoms with Crippen molar-refractivity contribution in [2.45, 2.75) is 38.9 Å². The van der Waals surface area contributed by atoms with Gasteiger partial charge in [-0.25, -0.2) is 0 Å². The number of nitrogens with zero attached hydrogens (tertiary/aromatic N) is 2. The molecule has 1 heterocycles. The molecule has 2 atom stereocenters. The molecule has 1 aliphatic heterocycles. The minimum atomic E-state index is 0.0922. The zero-order valence-electron chi connectivity index (χ0n) is 12.9. The van der Waals surface area contributed by atoms with Gasteiger partial charge in [0, 0.05) is 44.8 Å². The lowest BCUT2D eigenvalue weighted by atomic mass is 10.1. The van der Waals surface area contributed by atoms with Crippen molar-refractivity contribution in [3.05, 3.63) is 29.8 Å². The number of anilines is 1. The number of amides is 1. The first kappa shape index (κ1) is 14.9. The van der Waals surface area contributed by atoms with Crippen LogP contribution >= 0.6 is 0 Å². The number of rotatable bonds is 4. The summed E-state index contributed by atoms with van der Waals surface area (Å²) in [5.41, 5.74) is 2.30. The van der Waals surface area contributed by atoms with E-state index in [9.17, 15) is 4.79 Å². The highest BCUT2D eigenvalue weighted by Gasteiger charge is 2.25. The molecular weight excluding hydrogens is 250 g/mol. The highest BCUT2D eigenvalue weighted by molar-refractivity contribution is 5.72. The standard InChI is InChI=1S/C16H25N3O/c1-12-8-16(11-18(12)3)17-15-7-5-6-14(9-15)10-19(4)13(2)20/h5-7,9,12,16-17H,8,10-11H2,1-4H3. The molecule has 1 saturated heterocycles. The molecule has 110 valence electrons. The van der Waals surface area contributed by atoms with Gasteiger partial charge in [0.05, 0.1) is 0 Å². The van der Waals surface area contributed by atoms with Gasteiger partial charge < -0.3 is 15.1 Å². The van der Waals surface area contributed by atoms with Crippen molar-refractivity contribution in [3.8, 4) is 0 Å². The SMILES string of the molecule is CC(=O)N(C)Cc1cccc(NC2CC(C)N(C)C2)c1. The van der Waals surface area contributed by atoms with Crippen molar-refractivity contribution in [1.82, 2.24) is 9.80 Å². The van der Waals surface area contributed by atoms with Gasteiger partial charge in [-0.1, -0.05) is 12.1 Å². The Bertz CT molecular complexity index is 465. The number of hydrogen-bond donors (Lipinski definition) is 1. The first-order chi connectivity index (χ1) is 9.45. The summed E-state index contributed by atoms with van der Waals surface area (Å²) in [6, 6.07) is 9.50. The zero-order valence-corrected chi connectivity index (χ0v) is 12.9. The Hall–Kier alpha value is -1.55. The Morgan fingerprint density at radius 3 is 2.85 bits per heavy atom. The predicted molar refractivity (Wildman–Crippen MR) is 82.7 cm³/mol. The lowest BCUT2D eigenvalue weighted by Crippen LogP contribution is -2.25. The molecule has 0 spiro atoms. The normalized spacial score (nSPS) is 22.8. The van der Waals surface area contributed by atoms with Crippen molar-refractivity contribution in [3.63, 3.8) is 0 Å². The van der Waals surface area contributed by atoms with Crippen LogP contribution in [0.15, 0.2) is 24.3 Å². The predicted octanol–water partition coefficient (Wildman–Crippen LogP) is 2.17. The summed E-state index contributed by atoms with van der Waals surface area (Å²) < 4.78 is 0. The summed E-state index contributed by atoms with van der Waals surface area (Å²) in [7, 11) is 4.00. The molecule has 1 aliphatic rings. The van der Waals surface area contributed by atoms with Gasteiger partial charge in [-0.05, 0) is 38.1 Å². The molecule has 4 nitrogen and oxygen atoms in total. The fourth-order valence-corrected chi connectivity index (χ4v) is 2.68. The second-order valence-electron chi connectivity index (χ2n) is 5.94. The first-order valence-electron chi connectivity index (χ1n) is 7.23. The van der Waals surface area contributed by atoms with E-state index in [0.29, 0.717) is 18.6 Å². The maximum absolute atomic E-state index is 11.3. The minimum Gasteiger partial charge on any atom is -0.381 e. The molecular formula is C16H25N3O. The first-order valence-corrected chi connectivity index (χ1v) is 7.23. The molecule has 2 unspecified atom stereocenters. The van der Waals surface area contributed by atoms with Gasteiger partial charge in [-0.2, -0.15) is 0 Å². The van der Waals surface area contributed by atoms with E-state index < -0.39 is 0 Å². The molecule has 0 aliphatic carbocycles. The Morgan fingerprint density at radius 2 is 2.25 bits per heavy atom. The van der Waals surface area contributed by atoms with Crippen LogP contribution in [0.5, 0.6) is 0 Å². The Morgan fingerprint density at radius 1 is 1.50 bits per heavy atom. The molecule has 0 saturated carbocycles. The van der Waals surface area contributed by atoms with Crippen molar-refractivity contribution in [1.29, 1.82) is 0 Å². The highest BCUT2D eigenvalue weighted by Crippen LogP contribution is 2.20. The molecule has 2 rings (SSSR count). The molecule has 1 aromatic carbocycles. The van der Waals surface area contributed by atoms with Gasteiger partial charge >= 0.3 is 0 Å². The van der Waals surface area contributed by atoms with E-state index in [0.717, 1.165) is 17.8 Å². The van der Waals surface area contributed by atoms with Crippen LogP contribution < -0.4 is 5.32 Å². The zero-order chi connectivity index (χ0) is 14.7. The fourth-order valence-electron chi connectivity index (χ4n) is 2.68. The second kappa shape index (κ2) is 6.27. The monoisotopic (exact) mass is 275 g/mol. The number of likely N-dealkylation sites (N-methyl/N-ethyl adjacent to an activating group) is 1. The smallest absolute Gasteiger partial charge is 0.219 e. The van der Waals surface area contributed by atoms with E-state index >= 15 is 0 Å². The molecule has 0 radical (unpaired) electrons. The van der Waals surface area contributed by atoms with Crippen molar-refractivity contribution < 1.29 is 4.79 Å². The van der Waals surface area contributed by atoms with Crippen LogP contribution in [0, 0.1) is 0 Å². The number of nitrogens with one attached hydrogen (secondary N) is 1. The summed E-state index contributed by atoms with van der Waals surface area (Å²) in [4.78, 5) is 15.4. The summed E-state index contributed by atoms with van der Waals surface area (Å²) in [5, 5.41) is 3.60. The van der Waals surface area contributed by atoms with Gasteiger partial charge in [0.25, 0.3) is 0 Å². The van der Waals surface area contributed by atoms with E-state index in [4.69, 9.17) is 0 Å². The highest BCUT2D eigenvalue weighted by atomic mass is 16.2. The number of likely N-dealkylation sites (tertiary alicyclic amines) is 1. The Balaban J connectivity index is 1.98. The van der Waals surface area contributed by atoms with E-state index in [-0.39, 0.29) is 5.91 Å². The van der Waals surface area contributed by atoms with Gasteiger partial charge in [0.15, 0.2) is 0 Å². The molecule has 1 N–H and O–H groups in total. The van der Waals surface area contributed by atoms with E-state index in [1.807, 2.05) is 13.1 Å². The van der Waals surface area contributed by atoms with Gasteiger partial charge in [-0.3, -0.25) is 4.79 Å². The molecule has 0 aromatic heterocycles. The molecule has 0 bridgehead atoms. The topological polar surface area (TPSA) is 35.6 Å². The van der Waals surface area contributed by atoms with Crippen molar-refractivity contribution >= 4 is 11.6 Å². The maximum Gasteiger partial charge on any atom is 0.219 e. The number of carbonyl (C=O) groups excluding carboxylic acids is 1.